The summed E-state index contributed by atoms with van der Waals surface area (Å²) in [6.45, 7) is 19.9. The van der Waals surface area contributed by atoms with Crippen molar-refractivity contribution in [1.82, 2.24) is 9.47 Å². The molecule has 0 N–H and O–H groups in total. The third kappa shape index (κ3) is 5.65. The van der Waals surface area contributed by atoms with E-state index < -0.39 is 16.8 Å². The van der Waals surface area contributed by atoms with Crippen molar-refractivity contribution in [3.63, 3.8) is 0 Å². The van der Waals surface area contributed by atoms with Crippen molar-refractivity contribution in [1.29, 1.82) is 0 Å². The van der Waals surface area contributed by atoms with Crippen molar-refractivity contribution in [2.45, 2.75) is 40.0 Å². The second-order valence-corrected chi connectivity index (χ2v) is 14.6. The molecule has 0 spiro atoms. The Kier molecular flexibility index (Phi) is 6.68. The summed E-state index contributed by atoms with van der Waals surface area (Å²) in [5.74, 6) is 0. The Morgan fingerprint density at radius 2 is 1.32 bits per heavy atom. The summed E-state index contributed by atoms with van der Waals surface area (Å²) in [6.07, 6.45) is 1.01. The largest absolute Gasteiger partial charge is 0.394 e. The van der Waals surface area contributed by atoms with Gasteiger partial charge in [0.05, 0.1) is 0 Å². The molecule has 19 heavy (non-hydrogen) atoms. The maximum Gasteiger partial charge on any atom is 0.349 e. The molecule has 1 rings (SSSR count). The number of hydrogen-bond acceptors (Lipinski definition) is 4. The quantitative estimate of drug-likeness (QED) is 0.673. The molecule has 0 aromatic heterocycles. The molecule has 0 unspecified atom stereocenters. The van der Waals surface area contributed by atoms with Gasteiger partial charge in [0.1, 0.15) is 8.24 Å². The van der Waals surface area contributed by atoms with Crippen molar-refractivity contribution in [2.75, 3.05) is 45.6 Å². The van der Waals surface area contributed by atoms with Gasteiger partial charge in [-0.3, -0.25) is 4.90 Å². The minimum atomic E-state index is -1.99. The van der Waals surface area contributed by atoms with Crippen LogP contribution in [0.4, 0.5) is 0 Å². The molecule has 0 aromatic rings. The van der Waals surface area contributed by atoms with Gasteiger partial charge < -0.3 is 13.4 Å². The highest BCUT2D eigenvalue weighted by Crippen LogP contribution is 2.16. The van der Waals surface area contributed by atoms with Crippen molar-refractivity contribution in [3.8, 4) is 0 Å². The molecule has 0 radical (unpaired) electrons. The Labute approximate surface area is 121 Å². The number of hydrogen-bond donors (Lipinski definition) is 0. The first-order chi connectivity index (χ1) is 8.80. The Balaban J connectivity index is 2.46. The van der Waals surface area contributed by atoms with E-state index in [1.807, 2.05) is 0 Å². The monoisotopic (exact) mass is 304 g/mol. The molecule has 0 atom stereocenters. The van der Waals surface area contributed by atoms with Crippen LogP contribution in [0.5, 0.6) is 0 Å². The fourth-order valence-corrected chi connectivity index (χ4v) is 6.88. The molecule has 6 heteroatoms. The predicted molar refractivity (Wildman–Crippen MR) is 86.2 cm³/mol. The molecule has 114 valence electrons. The zero-order valence-corrected chi connectivity index (χ0v) is 15.7. The van der Waals surface area contributed by atoms with E-state index in [1.165, 1.54) is 13.1 Å². The van der Waals surface area contributed by atoms with Crippen LogP contribution in [-0.2, 0) is 8.85 Å². The molecule has 0 saturated carbocycles. The maximum absolute atomic E-state index is 5.94. The third-order valence-electron chi connectivity index (χ3n) is 3.73. The summed E-state index contributed by atoms with van der Waals surface area (Å²) < 4.78 is 14.6. The van der Waals surface area contributed by atoms with E-state index in [4.69, 9.17) is 8.85 Å². The van der Waals surface area contributed by atoms with Crippen LogP contribution in [0.3, 0.4) is 0 Å². The van der Waals surface area contributed by atoms with Gasteiger partial charge in [-0.2, -0.15) is 0 Å². The number of piperazine rings is 1. The van der Waals surface area contributed by atoms with Crippen LogP contribution in [0.1, 0.15) is 13.8 Å². The fourth-order valence-electron chi connectivity index (χ4n) is 2.73. The van der Waals surface area contributed by atoms with Crippen molar-refractivity contribution in [3.05, 3.63) is 0 Å². The molecule has 1 heterocycles. The van der Waals surface area contributed by atoms with Gasteiger partial charge in [-0.05, 0) is 20.4 Å². The zero-order chi connectivity index (χ0) is 14.5. The molecule has 1 saturated heterocycles. The minimum absolute atomic E-state index is 0.761. The Morgan fingerprint density at radius 1 is 0.842 bits per heavy atom. The van der Waals surface area contributed by atoms with E-state index in [0.29, 0.717) is 0 Å². The van der Waals surface area contributed by atoms with Gasteiger partial charge in [0.25, 0.3) is 0 Å². The lowest BCUT2D eigenvalue weighted by Crippen LogP contribution is -2.59. The van der Waals surface area contributed by atoms with Gasteiger partial charge in [0.2, 0.25) is 0 Å². The van der Waals surface area contributed by atoms with E-state index in [0.717, 1.165) is 32.5 Å². The lowest BCUT2D eigenvalue weighted by molar-refractivity contribution is 0.144. The molecular weight excluding hydrogens is 272 g/mol. The fraction of sp³-hybridized carbons (Fsp3) is 1.00. The molecule has 0 aliphatic carbocycles. The highest BCUT2D eigenvalue weighted by molar-refractivity contribution is 6.73. The Morgan fingerprint density at radius 3 is 1.68 bits per heavy atom. The summed E-state index contributed by atoms with van der Waals surface area (Å²) in [5.41, 5.74) is 0. The molecule has 1 aliphatic heterocycles. The average molecular weight is 305 g/mol. The predicted octanol–water partition coefficient (Wildman–Crippen LogP) is 2.12. The van der Waals surface area contributed by atoms with Gasteiger partial charge in [0, 0.05) is 45.6 Å². The highest BCUT2D eigenvalue weighted by atomic mass is 28.4. The molecule has 0 amide bonds. The van der Waals surface area contributed by atoms with E-state index in [9.17, 15) is 0 Å². The molecule has 1 fully saturated rings. The molecule has 0 aromatic carbocycles. The standard InChI is InChI=1S/C13H32N2O2Si2/c1-7-16-19(6,17-8-2)13-14-9-11-15(12-10-14)18(3,4)5/h7-13H2,1-6H3. The molecule has 4 nitrogen and oxygen atoms in total. The smallest absolute Gasteiger partial charge is 0.349 e. The third-order valence-corrected chi connectivity index (χ3v) is 8.90. The highest BCUT2D eigenvalue weighted by Gasteiger charge is 2.35. The average Bonchev–Trinajstić information content (AvgIpc) is 2.28. The van der Waals surface area contributed by atoms with E-state index in [1.54, 1.807) is 0 Å². The summed E-state index contributed by atoms with van der Waals surface area (Å²) in [7, 11) is -3.11. The van der Waals surface area contributed by atoms with E-state index >= 15 is 0 Å². The van der Waals surface area contributed by atoms with Crippen LogP contribution >= 0.6 is 0 Å². The first kappa shape index (κ1) is 17.3. The first-order valence-electron chi connectivity index (χ1n) is 7.56. The maximum atomic E-state index is 5.94. The molecular formula is C13H32N2O2Si2. The zero-order valence-electron chi connectivity index (χ0n) is 13.7. The summed E-state index contributed by atoms with van der Waals surface area (Å²) in [5, 5.41) is 0. The normalized spacial score (nSPS) is 19.9. The second-order valence-electron chi connectivity index (χ2n) is 6.43. The molecule has 1 aliphatic rings. The van der Waals surface area contributed by atoms with E-state index in [2.05, 4.69) is 49.5 Å². The number of rotatable bonds is 7. The first-order valence-corrected chi connectivity index (χ1v) is 13.5. The van der Waals surface area contributed by atoms with Crippen molar-refractivity contribution >= 4 is 16.8 Å². The molecule has 0 bridgehead atoms. The van der Waals surface area contributed by atoms with Crippen LogP contribution in [0.15, 0.2) is 0 Å². The Bertz CT molecular complexity index is 258. The summed E-state index contributed by atoms with van der Waals surface area (Å²) in [4.78, 5) is 2.54. The van der Waals surface area contributed by atoms with Gasteiger partial charge in [-0.25, -0.2) is 0 Å². The minimum Gasteiger partial charge on any atom is -0.394 e. The van der Waals surface area contributed by atoms with Crippen LogP contribution in [-0.4, -0.2) is 71.8 Å². The van der Waals surface area contributed by atoms with Crippen LogP contribution in [0, 0.1) is 0 Å². The van der Waals surface area contributed by atoms with Gasteiger partial charge in [0.15, 0.2) is 0 Å². The van der Waals surface area contributed by atoms with Crippen LogP contribution in [0.2, 0.25) is 26.2 Å². The van der Waals surface area contributed by atoms with Crippen LogP contribution in [0.25, 0.3) is 0 Å². The van der Waals surface area contributed by atoms with Crippen molar-refractivity contribution < 1.29 is 8.85 Å². The SMILES string of the molecule is CCO[Si](C)(CN1CCN([Si](C)(C)C)CC1)OCC. The summed E-state index contributed by atoms with van der Waals surface area (Å²) >= 11 is 0. The summed E-state index contributed by atoms with van der Waals surface area (Å²) in [6, 6.07) is 0. The van der Waals surface area contributed by atoms with Gasteiger partial charge >= 0.3 is 8.56 Å². The lowest BCUT2D eigenvalue weighted by atomic mass is 10.4. The van der Waals surface area contributed by atoms with Gasteiger partial charge in [-0.1, -0.05) is 19.6 Å². The lowest BCUT2D eigenvalue weighted by Gasteiger charge is -2.43. The van der Waals surface area contributed by atoms with Gasteiger partial charge in [-0.15, -0.1) is 0 Å². The Hall–Kier alpha value is 0.274. The second kappa shape index (κ2) is 7.33. The van der Waals surface area contributed by atoms with E-state index in [-0.39, 0.29) is 0 Å². The number of nitrogens with zero attached hydrogens (tertiary/aromatic N) is 2. The van der Waals surface area contributed by atoms with Crippen LogP contribution < -0.4 is 0 Å². The topological polar surface area (TPSA) is 24.9 Å². The van der Waals surface area contributed by atoms with Crippen molar-refractivity contribution in [2.24, 2.45) is 0 Å².